The first-order chi connectivity index (χ1) is 9.74. The Bertz CT molecular complexity index is 783. The van der Waals surface area contributed by atoms with Crippen LogP contribution < -0.4 is 10.5 Å². The number of anilines is 1. The van der Waals surface area contributed by atoms with Gasteiger partial charge in [-0.1, -0.05) is 0 Å². The Hall–Kier alpha value is -1.44. The fourth-order valence-electron chi connectivity index (χ4n) is 2.16. The number of thiophene rings is 1. The Labute approximate surface area is 127 Å². The number of sulfonamides is 1. The highest BCUT2D eigenvalue weighted by atomic mass is 32.2. The number of nitrogen functional groups attached to an aromatic ring is 1. The van der Waals surface area contributed by atoms with Crippen LogP contribution in [0.4, 0.5) is 10.1 Å². The van der Waals surface area contributed by atoms with E-state index in [2.05, 4.69) is 4.72 Å². The molecule has 114 valence electrons. The average molecular weight is 328 g/mol. The molecule has 2 rings (SSSR count). The summed E-state index contributed by atoms with van der Waals surface area (Å²) in [7, 11) is -3.74. The predicted molar refractivity (Wildman–Crippen MR) is 83.4 cm³/mol. The van der Waals surface area contributed by atoms with Gasteiger partial charge in [0.15, 0.2) is 0 Å². The van der Waals surface area contributed by atoms with E-state index in [-0.39, 0.29) is 22.7 Å². The minimum Gasteiger partial charge on any atom is -0.396 e. The van der Waals surface area contributed by atoms with E-state index in [1.165, 1.54) is 18.3 Å². The van der Waals surface area contributed by atoms with Crippen molar-refractivity contribution in [3.63, 3.8) is 0 Å². The summed E-state index contributed by atoms with van der Waals surface area (Å²) in [5.41, 5.74) is 7.08. The Morgan fingerprint density at radius 1 is 1.29 bits per heavy atom. The van der Waals surface area contributed by atoms with Crippen molar-refractivity contribution >= 4 is 27.0 Å². The van der Waals surface area contributed by atoms with E-state index < -0.39 is 15.8 Å². The summed E-state index contributed by atoms with van der Waals surface area (Å²) >= 11 is 1.49. The molecule has 0 saturated heterocycles. The van der Waals surface area contributed by atoms with E-state index in [4.69, 9.17) is 5.73 Å². The van der Waals surface area contributed by atoms with Crippen LogP contribution >= 0.6 is 11.3 Å². The van der Waals surface area contributed by atoms with Gasteiger partial charge in [-0.05, 0) is 55.0 Å². The summed E-state index contributed by atoms with van der Waals surface area (Å²) in [4.78, 5) is 1.000. The molecule has 0 fully saturated rings. The first-order valence-corrected chi connectivity index (χ1v) is 8.68. The number of nitrogens with two attached hydrogens (primary N) is 1. The van der Waals surface area contributed by atoms with Gasteiger partial charge in [0.2, 0.25) is 10.0 Å². The van der Waals surface area contributed by atoms with E-state index in [0.29, 0.717) is 5.56 Å². The van der Waals surface area contributed by atoms with Crippen molar-refractivity contribution in [2.75, 3.05) is 5.73 Å². The van der Waals surface area contributed by atoms with Gasteiger partial charge in [-0.15, -0.1) is 11.3 Å². The summed E-state index contributed by atoms with van der Waals surface area (Å²) in [6.45, 7) is 5.20. The van der Waals surface area contributed by atoms with Crippen LogP contribution in [0.2, 0.25) is 0 Å². The third-order valence-corrected chi connectivity index (χ3v) is 6.08. The van der Waals surface area contributed by atoms with Gasteiger partial charge in [0.25, 0.3) is 0 Å². The van der Waals surface area contributed by atoms with Crippen molar-refractivity contribution in [3.8, 4) is 0 Å². The lowest BCUT2D eigenvalue weighted by molar-refractivity contribution is 0.579. The maximum Gasteiger partial charge on any atom is 0.241 e. The van der Waals surface area contributed by atoms with Crippen LogP contribution in [0.5, 0.6) is 0 Å². The topological polar surface area (TPSA) is 72.2 Å². The van der Waals surface area contributed by atoms with Crippen LogP contribution in [0.25, 0.3) is 0 Å². The van der Waals surface area contributed by atoms with Gasteiger partial charge < -0.3 is 5.73 Å². The van der Waals surface area contributed by atoms with E-state index in [1.807, 2.05) is 18.4 Å². The van der Waals surface area contributed by atoms with Gasteiger partial charge in [0, 0.05) is 11.4 Å². The zero-order valence-corrected chi connectivity index (χ0v) is 13.7. The van der Waals surface area contributed by atoms with Crippen LogP contribution in [0.3, 0.4) is 0 Å². The second-order valence-electron chi connectivity index (χ2n) is 4.89. The standard InChI is InChI=1S/C14H17FN2O2S2/c1-8-4-5-20-12(8)7-17-21(18,19)14-9(2)6-11(15)13(16)10(14)3/h4-6,17H,7,16H2,1-3H3. The first kappa shape index (κ1) is 15.9. The highest BCUT2D eigenvalue weighted by Crippen LogP contribution is 2.27. The zero-order valence-electron chi connectivity index (χ0n) is 12.0. The van der Waals surface area contributed by atoms with Gasteiger partial charge in [-0.2, -0.15) is 0 Å². The maximum absolute atomic E-state index is 13.5. The van der Waals surface area contributed by atoms with Gasteiger partial charge in [-0.25, -0.2) is 17.5 Å². The molecule has 0 saturated carbocycles. The Morgan fingerprint density at radius 2 is 1.95 bits per heavy atom. The summed E-state index contributed by atoms with van der Waals surface area (Å²) in [6.07, 6.45) is 0. The second-order valence-corrected chi connectivity index (χ2v) is 7.60. The molecular formula is C14H17FN2O2S2. The SMILES string of the molecule is Cc1ccsc1CNS(=O)(=O)c1c(C)cc(F)c(N)c1C. The van der Waals surface area contributed by atoms with Crippen LogP contribution in [-0.2, 0) is 16.6 Å². The lowest BCUT2D eigenvalue weighted by atomic mass is 10.1. The molecule has 0 bridgehead atoms. The molecule has 0 radical (unpaired) electrons. The first-order valence-electron chi connectivity index (χ1n) is 6.32. The smallest absolute Gasteiger partial charge is 0.241 e. The van der Waals surface area contributed by atoms with Crippen LogP contribution in [0.15, 0.2) is 22.4 Å². The number of benzene rings is 1. The van der Waals surface area contributed by atoms with Crippen molar-refractivity contribution < 1.29 is 12.8 Å². The molecule has 0 amide bonds. The quantitative estimate of drug-likeness (QED) is 0.848. The third kappa shape index (κ3) is 3.09. The number of aryl methyl sites for hydroxylation is 2. The van der Waals surface area contributed by atoms with Gasteiger partial charge in [-0.3, -0.25) is 0 Å². The van der Waals surface area contributed by atoms with E-state index in [1.54, 1.807) is 6.92 Å². The van der Waals surface area contributed by atoms with Crippen LogP contribution in [0, 0.1) is 26.6 Å². The lowest BCUT2D eigenvalue weighted by Gasteiger charge is -2.14. The predicted octanol–water partition coefficient (Wildman–Crippen LogP) is 2.87. The van der Waals surface area contributed by atoms with E-state index in [0.717, 1.165) is 16.5 Å². The molecule has 0 aliphatic carbocycles. The minimum absolute atomic E-state index is 0.0515. The lowest BCUT2D eigenvalue weighted by Crippen LogP contribution is -2.25. The molecule has 7 heteroatoms. The van der Waals surface area contributed by atoms with Crippen molar-refractivity contribution in [2.24, 2.45) is 0 Å². The monoisotopic (exact) mass is 328 g/mol. The number of nitrogens with one attached hydrogen (secondary N) is 1. The molecule has 21 heavy (non-hydrogen) atoms. The highest BCUT2D eigenvalue weighted by molar-refractivity contribution is 7.89. The summed E-state index contributed by atoms with van der Waals surface area (Å²) in [6, 6.07) is 3.08. The largest absolute Gasteiger partial charge is 0.396 e. The highest BCUT2D eigenvalue weighted by Gasteiger charge is 2.23. The molecule has 0 spiro atoms. The molecule has 1 heterocycles. The summed E-state index contributed by atoms with van der Waals surface area (Å²) < 4.78 is 41.0. The van der Waals surface area contributed by atoms with Crippen molar-refractivity contribution in [1.29, 1.82) is 0 Å². The van der Waals surface area contributed by atoms with E-state index >= 15 is 0 Å². The zero-order chi connectivity index (χ0) is 15.8. The Kier molecular flexibility index (Phi) is 4.36. The van der Waals surface area contributed by atoms with Crippen molar-refractivity contribution in [3.05, 3.63) is 44.9 Å². The normalized spacial score (nSPS) is 11.8. The third-order valence-electron chi connectivity index (χ3n) is 3.36. The molecule has 0 atom stereocenters. The van der Waals surface area contributed by atoms with Gasteiger partial charge >= 0.3 is 0 Å². The van der Waals surface area contributed by atoms with Gasteiger partial charge in [0.05, 0.1) is 10.6 Å². The van der Waals surface area contributed by atoms with Crippen molar-refractivity contribution in [2.45, 2.75) is 32.2 Å². The maximum atomic E-state index is 13.5. The molecular weight excluding hydrogens is 311 g/mol. The second kappa shape index (κ2) is 5.75. The Morgan fingerprint density at radius 3 is 2.52 bits per heavy atom. The number of rotatable bonds is 4. The van der Waals surface area contributed by atoms with Crippen molar-refractivity contribution in [1.82, 2.24) is 4.72 Å². The summed E-state index contributed by atoms with van der Waals surface area (Å²) in [5, 5.41) is 1.91. The summed E-state index contributed by atoms with van der Waals surface area (Å²) in [5.74, 6) is -0.599. The number of hydrogen-bond donors (Lipinski definition) is 2. The molecule has 0 aliphatic heterocycles. The molecule has 0 aliphatic rings. The van der Waals surface area contributed by atoms with Crippen LogP contribution in [0.1, 0.15) is 21.6 Å². The fourth-order valence-corrected chi connectivity index (χ4v) is 4.57. The fraction of sp³-hybridized carbons (Fsp3) is 0.286. The minimum atomic E-state index is -3.74. The molecule has 0 unspecified atom stereocenters. The van der Waals surface area contributed by atoms with E-state index in [9.17, 15) is 12.8 Å². The average Bonchev–Trinajstić information content (AvgIpc) is 2.79. The number of halogens is 1. The molecule has 1 aromatic heterocycles. The molecule has 2 aromatic rings. The Balaban J connectivity index is 2.37. The number of hydrogen-bond acceptors (Lipinski definition) is 4. The molecule has 3 N–H and O–H groups in total. The molecule has 1 aromatic carbocycles. The molecule has 4 nitrogen and oxygen atoms in total. The van der Waals surface area contributed by atoms with Crippen LogP contribution in [-0.4, -0.2) is 8.42 Å². The van der Waals surface area contributed by atoms with Gasteiger partial charge in [0.1, 0.15) is 5.82 Å².